The van der Waals surface area contributed by atoms with Crippen LogP contribution in [0.4, 0.5) is 17.1 Å². The van der Waals surface area contributed by atoms with Crippen molar-refractivity contribution in [3.63, 3.8) is 0 Å². The van der Waals surface area contributed by atoms with Crippen molar-refractivity contribution in [2.45, 2.75) is 0 Å². The molecule has 8 heteroatoms. The molecule has 0 saturated carbocycles. The number of nitrogens with one attached hydrogen (secondary N) is 1. The van der Waals surface area contributed by atoms with E-state index in [1.165, 1.54) is 6.07 Å². The van der Waals surface area contributed by atoms with E-state index in [9.17, 15) is 14.9 Å². The first-order chi connectivity index (χ1) is 12.5. The Morgan fingerprint density at radius 3 is 2.46 bits per heavy atom. The number of rotatable bonds is 5. The summed E-state index contributed by atoms with van der Waals surface area (Å²) < 4.78 is 1.12. The molecule has 1 N–H and O–H groups in total. The zero-order chi connectivity index (χ0) is 18.5. The van der Waals surface area contributed by atoms with Crippen LogP contribution in [0.5, 0.6) is 0 Å². The molecule has 7 nitrogen and oxygen atoms in total. The Bertz CT molecular complexity index is 789. The van der Waals surface area contributed by atoms with Gasteiger partial charge in [0, 0.05) is 53.3 Å². The first kappa shape index (κ1) is 18.6. The summed E-state index contributed by atoms with van der Waals surface area (Å²) in [5.41, 5.74) is 1.75. The molecule has 0 aliphatic carbocycles. The van der Waals surface area contributed by atoms with E-state index in [-0.39, 0.29) is 16.5 Å². The maximum atomic E-state index is 12.2. The number of nitro groups is 1. The van der Waals surface area contributed by atoms with E-state index in [1.807, 2.05) is 30.3 Å². The van der Waals surface area contributed by atoms with Crippen LogP contribution in [-0.4, -0.2) is 48.5 Å². The van der Waals surface area contributed by atoms with Crippen molar-refractivity contribution >= 4 is 45.6 Å². The molecule has 2 aromatic carbocycles. The fourth-order valence-corrected chi connectivity index (χ4v) is 3.26. The molecule has 0 bridgehead atoms. The van der Waals surface area contributed by atoms with Gasteiger partial charge in [-0.05, 0) is 52.9 Å². The minimum Gasteiger partial charge on any atom is -0.369 e. The number of benzene rings is 2. The molecule has 0 aromatic heterocycles. The number of halogens is 1. The predicted octanol–water partition coefficient (Wildman–Crippen LogP) is 2.96. The van der Waals surface area contributed by atoms with Gasteiger partial charge in [0.05, 0.1) is 11.5 Å². The molecule has 1 amide bonds. The molecular weight excluding hydrogens is 447 g/mol. The number of nitro benzene ring substituents is 1. The molecule has 26 heavy (non-hydrogen) atoms. The molecule has 136 valence electrons. The third kappa shape index (κ3) is 4.92. The number of nitrogens with zero attached hydrogens (tertiary/aromatic N) is 3. The summed E-state index contributed by atoms with van der Waals surface area (Å²) >= 11 is 2.22. The van der Waals surface area contributed by atoms with Crippen molar-refractivity contribution in [3.05, 3.63) is 62.2 Å². The van der Waals surface area contributed by atoms with Gasteiger partial charge in [0.1, 0.15) is 0 Å². The van der Waals surface area contributed by atoms with Crippen LogP contribution in [-0.2, 0) is 4.79 Å². The molecule has 0 spiro atoms. The van der Waals surface area contributed by atoms with Crippen molar-refractivity contribution in [1.29, 1.82) is 0 Å². The van der Waals surface area contributed by atoms with Gasteiger partial charge in [0.25, 0.3) is 5.69 Å². The molecule has 2 aromatic rings. The van der Waals surface area contributed by atoms with Crippen LogP contribution in [0.2, 0.25) is 0 Å². The molecule has 1 aliphatic heterocycles. The van der Waals surface area contributed by atoms with E-state index in [1.54, 1.807) is 12.1 Å². The van der Waals surface area contributed by atoms with E-state index < -0.39 is 0 Å². The van der Waals surface area contributed by atoms with Crippen LogP contribution in [0.3, 0.4) is 0 Å². The Balaban J connectivity index is 1.50. The van der Waals surface area contributed by atoms with Gasteiger partial charge in [-0.3, -0.25) is 19.8 Å². The Hall–Kier alpha value is -2.20. The second kappa shape index (κ2) is 8.45. The third-order valence-corrected chi connectivity index (χ3v) is 4.99. The van der Waals surface area contributed by atoms with Gasteiger partial charge in [0.2, 0.25) is 5.91 Å². The Labute approximate surface area is 165 Å². The SMILES string of the molecule is O=C(CN1CCN(c2cccc([N+](=O)[O-])c2)CC1)Nc1ccc(I)cc1. The van der Waals surface area contributed by atoms with Crippen molar-refractivity contribution in [2.24, 2.45) is 0 Å². The van der Waals surface area contributed by atoms with Crippen molar-refractivity contribution in [3.8, 4) is 0 Å². The van der Waals surface area contributed by atoms with E-state index in [0.717, 1.165) is 41.1 Å². The van der Waals surface area contributed by atoms with Crippen LogP contribution in [0.15, 0.2) is 48.5 Å². The molecule has 0 atom stereocenters. The Morgan fingerprint density at radius 2 is 1.81 bits per heavy atom. The summed E-state index contributed by atoms with van der Waals surface area (Å²) in [6.45, 7) is 3.29. The predicted molar refractivity (Wildman–Crippen MR) is 110 cm³/mol. The Morgan fingerprint density at radius 1 is 1.12 bits per heavy atom. The highest BCUT2D eigenvalue weighted by molar-refractivity contribution is 14.1. The van der Waals surface area contributed by atoms with Gasteiger partial charge in [-0.2, -0.15) is 0 Å². The number of piperazine rings is 1. The second-order valence-electron chi connectivity index (χ2n) is 6.10. The number of carbonyl (C=O) groups is 1. The molecule has 1 fully saturated rings. The standard InChI is InChI=1S/C18H19IN4O3/c19-14-4-6-15(7-5-14)20-18(24)13-21-8-10-22(11-9-21)16-2-1-3-17(12-16)23(25)26/h1-7,12H,8-11,13H2,(H,20,24). The van der Waals surface area contributed by atoms with Crippen molar-refractivity contribution < 1.29 is 9.72 Å². The summed E-state index contributed by atoms with van der Waals surface area (Å²) in [7, 11) is 0. The van der Waals surface area contributed by atoms with Gasteiger partial charge < -0.3 is 10.2 Å². The number of hydrogen-bond donors (Lipinski definition) is 1. The van der Waals surface area contributed by atoms with E-state index >= 15 is 0 Å². The molecular formula is C18H19IN4O3. The lowest BCUT2D eigenvalue weighted by molar-refractivity contribution is -0.384. The van der Waals surface area contributed by atoms with Crippen molar-refractivity contribution in [1.82, 2.24) is 4.90 Å². The largest absolute Gasteiger partial charge is 0.369 e. The van der Waals surface area contributed by atoms with Gasteiger partial charge >= 0.3 is 0 Å². The monoisotopic (exact) mass is 466 g/mol. The lowest BCUT2D eigenvalue weighted by atomic mass is 10.2. The average Bonchev–Trinajstić information content (AvgIpc) is 2.64. The number of carbonyl (C=O) groups excluding carboxylic acids is 1. The zero-order valence-corrected chi connectivity index (χ0v) is 16.3. The van der Waals surface area contributed by atoms with Gasteiger partial charge in [-0.15, -0.1) is 0 Å². The van der Waals surface area contributed by atoms with Crippen molar-refractivity contribution in [2.75, 3.05) is 42.9 Å². The number of hydrogen-bond acceptors (Lipinski definition) is 5. The van der Waals surface area contributed by atoms with Gasteiger partial charge in [-0.25, -0.2) is 0 Å². The fourth-order valence-electron chi connectivity index (χ4n) is 2.90. The number of anilines is 2. The second-order valence-corrected chi connectivity index (χ2v) is 7.34. The van der Waals surface area contributed by atoms with Gasteiger partial charge in [-0.1, -0.05) is 6.07 Å². The van der Waals surface area contributed by atoms with Crippen LogP contribution < -0.4 is 10.2 Å². The van der Waals surface area contributed by atoms with Gasteiger partial charge in [0.15, 0.2) is 0 Å². The number of amides is 1. The highest BCUT2D eigenvalue weighted by Crippen LogP contribution is 2.22. The molecule has 0 radical (unpaired) electrons. The molecule has 1 saturated heterocycles. The van der Waals surface area contributed by atoms with Crippen LogP contribution in [0.1, 0.15) is 0 Å². The summed E-state index contributed by atoms with van der Waals surface area (Å²) in [5.74, 6) is -0.0324. The molecule has 3 rings (SSSR count). The minimum absolute atomic E-state index is 0.0324. The Kier molecular flexibility index (Phi) is 6.04. The average molecular weight is 466 g/mol. The highest BCUT2D eigenvalue weighted by Gasteiger charge is 2.20. The maximum absolute atomic E-state index is 12.2. The fraction of sp³-hybridized carbons (Fsp3) is 0.278. The smallest absolute Gasteiger partial charge is 0.271 e. The lowest BCUT2D eigenvalue weighted by Gasteiger charge is -2.35. The van der Waals surface area contributed by atoms with Crippen LogP contribution >= 0.6 is 22.6 Å². The van der Waals surface area contributed by atoms with E-state index in [4.69, 9.17) is 0 Å². The summed E-state index contributed by atoms with van der Waals surface area (Å²) in [6.07, 6.45) is 0. The maximum Gasteiger partial charge on any atom is 0.271 e. The number of non-ortho nitro benzene ring substituents is 1. The zero-order valence-electron chi connectivity index (χ0n) is 14.1. The highest BCUT2D eigenvalue weighted by atomic mass is 127. The van der Waals surface area contributed by atoms with Crippen LogP contribution in [0, 0.1) is 13.7 Å². The minimum atomic E-state index is -0.380. The quantitative estimate of drug-likeness (QED) is 0.417. The van der Waals surface area contributed by atoms with E-state index in [2.05, 4.69) is 37.7 Å². The topological polar surface area (TPSA) is 78.7 Å². The molecule has 1 aliphatic rings. The molecule has 1 heterocycles. The van der Waals surface area contributed by atoms with E-state index in [0.29, 0.717) is 6.54 Å². The lowest BCUT2D eigenvalue weighted by Crippen LogP contribution is -2.48. The summed E-state index contributed by atoms with van der Waals surface area (Å²) in [4.78, 5) is 26.9. The summed E-state index contributed by atoms with van der Waals surface area (Å²) in [6, 6.07) is 14.4. The molecule has 0 unspecified atom stereocenters. The van der Waals surface area contributed by atoms with Crippen LogP contribution in [0.25, 0.3) is 0 Å². The third-order valence-electron chi connectivity index (χ3n) is 4.27. The normalized spacial score (nSPS) is 14.9. The first-order valence-electron chi connectivity index (χ1n) is 8.28. The summed E-state index contributed by atoms with van der Waals surface area (Å²) in [5, 5.41) is 13.8. The first-order valence-corrected chi connectivity index (χ1v) is 9.36.